The highest BCUT2D eigenvalue weighted by Gasteiger charge is 2.32. The fourth-order valence-electron chi connectivity index (χ4n) is 3.48. The van der Waals surface area contributed by atoms with E-state index in [1.165, 1.54) is 25.7 Å². The molecule has 1 aromatic rings. The van der Waals surface area contributed by atoms with Gasteiger partial charge in [-0.2, -0.15) is 0 Å². The average molecular weight is 292 g/mol. The third-order valence-corrected chi connectivity index (χ3v) is 4.87. The second-order valence-corrected chi connectivity index (χ2v) is 6.25. The zero-order chi connectivity index (χ0) is 14.8. The first-order valence-corrected chi connectivity index (χ1v) is 7.99. The Bertz CT molecular complexity index is 488. The summed E-state index contributed by atoms with van der Waals surface area (Å²) in [5.41, 5.74) is 0. The molecule has 21 heavy (non-hydrogen) atoms. The molecule has 0 bridgehead atoms. The van der Waals surface area contributed by atoms with E-state index in [4.69, 9.17) is 4.42 Å². The van der Waals surface area contributed by atoms with E-state index >= 15 is 0 Å². The van der Waals surface area contributed by atoms with Crippen molar-refractivity contribution in [2.24, 2.45) is 11.8 Å². The molecule has 2 fully saturated rings. The van der Waals surface area contributed by atoms with E-state index in [1.54, 1.807) is 6.92 Å². The van der Waals surface area contributed by atoms with Crippen LogP contribution in [0, 0.1) is 18.8 Å². The molecule has 1 unspecified atom stereocenters. The van der Waals surface area contributed by atoms with Crippen LogP contribution in [-0.4, -0.2) is 47.2 Å². The highest BCUT2D eigenvalue weighted by molar-refractivity contribution is 5.79. The summed E-state index contributed by atoms with van der Waals surface area (Å²) in [6.45, 7) is 6.93. The van der Waals surface area contributed by atoms with Gasteiger partial charge in [0.25, 0.3) is 0 Å². The predicted octanol–water partition coefficient (Wildman–Crippen LogP) is 1.85. The van der Waals surface area contributed by atoms with Gasteiger partial charge >= 0.3 is 6.01 Å². The number of aryl methyl sites for hydroxylation is 1. The van der Waals surface area contributed by atoms with Gasteiger partial charge in [-0.1, -0.05) is 24.9 Å². The van der Waals surface area contributed by atoms with E-state index < -0.39 is 0 Å². The molecule has 1 saturated carbocycles. The van der Waals surface area contributed by atoms with Gasteiger partial charge in [0.2, 0.25) is 11.8 Å². The molecule has 1 aliphatic carbocycles. The summed E-state index contributed by atoms with van der Waals surface area (Å²) in [5, 5.41) is 7.90. The SMILES string of the molecule is Cc1nnc(N2CCN(C(=O)C(C)C3CCCC3)CC2)o1. The number of amides is 1. The predicted molar refractivity (Wildman–Crippen MR) is 79.0 cm³/mol. The van der Waals surface area contributed by atoms with Crippen LogP contribution in [0.5, 0.6) is 0 Å². The molecule has 1 saturated heterocycles. The van der Waals surface area contributed by atoms with Gasteiger partial charge in [-0.25, -0.2) is 0 Å². The first-order chi connectivity index (χ1) is 10.1. The van der Waals surface area contributed by atoms with Crippen molar-refractivity contribution in [1.29, 1.82) is 0 Å². The maximum atomic E-state index is 12.6. The summed E-state index contributed by atoms with van der Waals surface area (Å²) in [7, 11) is 0. The molecule has 1 amide bonds. The second-order valence-electron chi connectivity index (χ2n) is 6.25. The number of hydrogen-bond acceptors (Lipinski definition) is 5. The minimum Gasteiger partial charge on any atom is -0.408 e. The van der Waals surface area contributed by atoms with Crippen molar-refractivity contribution in [1.82, 2.24) is 15.1 Å². The second kappa shape index (κ2) is 6.03. The summed E-state index contributed by atoms with van der Waals surface area (Å²) in [6, 6.07) is 0.573. The minimum absolute atomic E-state index is 0.171. The Balaban J connectivity index is 1.54. The number of nitrogens with zero attached hydrogens (tertiary/aromatic N) is 4. The highest BCUT2D eigenvalue weighted by atomic mass is 16.4. The normalized spacial score (nSPS) is 21.8. The average Bonchev–Trinajstić information content (AvgIpc) is 3.17. The molecule has 0 radical (unpaired) electrons. The Labute approximate surface area is 125 Å². The Morgan fingerprint density at radius 3 is 2.43 bits per heavy atom. The quantitative estimate of drug-likeness (QED) is 0.851. The number of piperazine rings is 1. The van der Waals surface area contributed by atoms with Crippen molar-refractivity contribution in [3.8, 4) is 0 Å². The largest absolute Gasteiger partial charge is 0.408 e. The van der Waals surface area contributed by atoms with Crippen LogP contribution in [0.2, 0.25) is 0 Å². The van der Waals surface area contributed by atoms with E-state index in [-0.39, 0.29) is 5.92 Å². The number of anilines is 1. The molecule has 116 valence electrons. The third kappa shape index (κ3) is 3.04. The zero-order valence-electron chi connectivity index (χ0n) is 12.9. The molecular formula is C15H24N4O2. The smallest absolute Gasteiger partial charge is 0.318 e. The molecule has 2 heterocycles. The number of aromatic nitrogens is 2. The Morgan fingerprint density at radius 1 is 1.19 bits per heavy atom. The van der Waals surface area contributed by atoms with E-state index in [9.17, 15) is 4.79 Å². The van der Waals surface area contributed by atoms with Crippen LogP contribution in [-0.2, 0) is 4.79 Å². The van der Waals surface area contributed by atoms with Crippen molar-refractivity contribution in [2.75, 3.05) is 31.1 Å². The van der Waals surface area contributed by atoms with Crippen LogP contribution in [0.3, 0.4) is 0 Å². The zero-order valence-corrected chi connectivity index (χ0v) is 12.9. The third-order valence-electron chi connectivity index (χ3n) is 4.87. The fourth-order valence-corrected chi connectivity index (χ4v) is 3.48. The number of carbonyl (C=O) groups is 1. The van der Waals surface area contributed by atoms with Crippen LogP contribution in [0.1, 0.15) is 38.5 Å². The molecule has 1 atom stereocenters. The Kier molecular flexibility index (Phi) is 4.12. The van der Waals surface area contributed by atoms with Crippen LogP contribution >= 0.6 is 0 Å². The van der Waals surface area contributed by atoms with Gasteiger partial charge in [-0.15, -0.1) is 5.10 Å². The molecule has 3 rings (SSSR count). The number of carbonyl (C=O) groups excluding carboxylic acids is 1. The lowest BCUT2D eigenvalue weighted by Gasteiger charge is -2.36. The van der Waals surface area contributed by atoms with Crippen LogP contribution in [0.25, 0.3) is 0 Å². The van der Waals surface area contributed by atoms with Gasteiger partial charge in [0.1, 0.15) is 0 Å². The molecule has 0 N–H and O–H groups in total. The topological polar surface area (TPSA) is 62.5 Å². The van der Waals surface area contributed by atoms with Gasteiger partial charge in [0, 0.05) is 39.0 Å². The van der Waals surface area contributed by atoms with E-state index in [2.05, 4.69) is 22.0 Å². The number of rotatable bonds is 3. The summed E-state index contributed by atoms with van der Waals surface area (Å²) < 4.78 is 5.45. The summed E-state index contributed by atoms with van der Waals surface area (Å²) in [5.74, 6) is 1.67. The molecule has 0 aromatic carbocycles. The highest BCUT2D eigenvalue weighted by Crippen LogP contribution is 2.32. The Morgan fingerprint density at radius 2 is 1.86 bits per heavy atom. The van der Waals surface area contributed by atoms with Crippen molar-refractivity contribution in [3.63, 3.8) is 0 Å². The lowest BCUT2D eigenvalue weighted by atomic mass is 9.91. The standard InChI is InChI=1S/C15H24N4O2/c1-11(13-5-3-4-6-13)14(20)18-7-9-19(10-8-18)15-17-16-12(2)21-15/h11,13H,3-10H2,1-2H3. The van der Waals surface area contributed by atoms with Crippen molar-refractivity contribution < 1.29 is 9.21 Å². The molecule has 6 heteroatoms. The van der Waals surface area contributed by atoms with Gasteiger partial charge in [0.05, 0.1) is 0 Å². The maximum Gasteiger partial charge on any atom is 0.318 e. The molecule has 0 spiro atoms. The first-order valence-electron chi connectivity index (χ1n) is 7.99. The van der Waals surface area contributed by atoms with Gasteiger partial charge in [0.15, 0.2) is 0 Å². The molecule has 2 aliphatic rings. The maximum absolute atomic E-state index is 12.6. The molecular weight excluding hydrogens is 268 g/mol. The molecule has 6 nitrogen and oxygen atoms in total. The van der Waals surface area contributed by atoms with Crippen LogP contribution in [0.4, 0.5) is 6.01 Å². The summed E-state index contributed by atoms with van der Waals surface area (Å²) in [4.78, 5) is 16.7. The van der Waals surface area contributed by atoms with E-state index in [1.807, 2.05) is 4.90 Å². The summed E-state index contributed by atoms with van der Waals surface area (Å²) >= 11 is 0. The van der Waals surface area contributed by atoms with Crippen molar-refractivity contribution >= 4 is 11.9 Å². The van der Waals surface area contributed by atoms with Gasteiger partial charge in [-0.3, -0.25) is 4.79 Å². The van der Waals surface area contributed by atoms with Gasteiger partial charge < -0.3 is 14.2 Å². The number of hydrogen-bond donors (Lipinski definition) is 0. The van der Waals surface area contributed by atoms with E-state index in [0.717, 1.165) is 26.2 Å². The first kappa shape index (κ1) is 14.4. The Hall–Kier alpha value is -1.59. The van der Waals surface area contributed by atoms with Crippen molar-refractivity contribution in [2.45, 2.75) is 39.5 Å². The minimum atomic E-state index is 0.171. The van der Waals surface area contributed by atoms with Gasteiger partial charge in [-0.05, 0) is 18.8 Å². The van der Waals surface area contributed by atoms with Crippen LogP contribution < -0.4 is 4.90 Å². The summed E-state index contributed by atoms with van der Waals surface area (Å²) in [6.07, 6.45) is 5.00. The molecule has 1 aromatic heterocycles. The van der Waals surface area contributed by atoms with Crippen LogP contribution in [0.15, 0.2) is 4.42 Å². The monoisotopic (exact) mass is 292 g/mol. The molecule has 1 aliphatic heterocycles. The lowest BCUT2D eigenvalue weighted by molar-refractivity contribution is -0.137. The van der Waals surface area contributed by atoms with Crippen molar-refractivity contribution in [3.05, 3.63) is 5.89 Å². The fraction of sp³-hybridized carbons (Fsp3) is 0.800. The lowest BCUT2D eigenvalue weighted by Crippen LogP contribution is -2.50. The van der Waals surface area contributed by atoms with E-state index in [0.29, 0.717) is 23.7 Å².